The zero-order chi connectivity index (χ0) is 20.9. The lowest BCUT2D eigenvalue weighted by Crippen LogP contribution is -2.36. The van der Waals surface area contributed by atoms with Gasteiger partial charge in [0.2, 0.25) is 5.95 Å². The molecular weight excluding hydrogens is 405 g/mol. The molecule has 0 bridgehead atoms. The van der Waals surface area contributed by atoms with E-state index < -0.39 is 5.95 Å². The van der Waals surface area contributed by atoms with Crippen molar-refractivity contribution < 1.29 is 13.5 Å². The van der Waals surface area contributed by atoms with Gasteiger partial charge in [-0.2, -0.15) is 4.39 Å². The summed E-state index contributed by atoms with van der Waals surface area (Å²) in [7, 11) is 0. The van der Waals surface area contributed by atoms with Crippen molar-refractivity contribution in [2.75, 3.05) is 36.5 Å². The quantitative estimate of drug-likeness (QED) is 0.447. The molecular formula is C21H24FN5O2S. The van der Waals surface area contributed by atoms with Gasteiger partial charge in [0, 0.05) is 43.3 Å². The smallest absolute Gasteiger partial charge is 0.256 e. The van der Waals surface area contributed by atoms with Gasteiger partial charge in [0.1, 0.15) is 11.6 Å². The molecule has 0 atom stereocenters. The van der Waals surface area contributed by atoms with E-state index in [0.29, 0.717) is 30.7 Å². The number of halogens is 1. The molecule has 1 saturated heterocycles. The molecule has 1 aliphatic rings. The Morgan fingerprint density at radius 3 is 2.70 bits per heavy atom. The Kier molecular flexibility index (Phi) is 6.49. The first-order valence-corrected chi connectivity index (χ1v) is 10.8. The van der Waals surface area contributed by atoms with Crippen LogP contribution >= 0.6 is 11.8 Å². The molecule has 0 aliphatic carbocycles. The number of oxazole rings is 1. The Morgan fingerprint density at radius 1 is 1.17 bits per heavy atom. The van der Waals surface area contributed by atoms with Gasteiger partial charge < -0.3 is 19.4 Å². The number of rotatable bonds is 7. The van der Waals surface area contributed by atoms with Crippen molar-refractivity contribution >= 4 is 23.3 Å². The summed E-state index contributed by atoms with van der Waals surface area (Å²) in [5.74, 6) is 1.76. The molecule has 1 fully saturated rings. The van der Waals surface area contributed by atoms with Crippen molar-refractivity contribution in [1.29, 1.82) is 0 Å². The van der Waals surface area contributed by atoms with Crippen LogP contribution in [-0.2, 0) is 17.0 Å². The van der Waals surface area contributed by atoms with Crippen LogP contribution in [0.5, 0.6) is 0 Å². The summed E-state index contributed by atoms with van der Waals surface area (Å²) in [5, 5.41) is 3.98. The maximum absolute atomic E-state index is 13.0. The number of morpholine rings is 1. The summed E-state index contributed by atoms with van der Waals surface area (Å²) in [5.41, 5.74) is 3.82. The summed E-state index contributed by atoms with van der Waals surface area (Å²) < 4.78 is 24.2. The molecule has 0 radical (unpaired) electrons. The zero-order valence-electron chi connectivity index (χ0n) is 17.0. The Hall–Kier alpha value is -2.65. The number of hydrogen-bond acceptors (Lipinski definition) is 8. The van der Waals surface area contributed by atoms with Gasteiger partial charge in [0.25, 0.3) is 5.22 Å². The van der Waals surface area contributed by atoms with Gasteiger partial charge in [-0.15, -0.1) is 0 Å². The first kappa shape index (κ1) is 20.6. The SMILES string of the molecule is Cc1nc(SCc2cc(N3CCOCC3)cc(NCc3ccc(F)nc3)n2)oc1C. The van der Waals surface area contributed by atoms with Crippen molar-refractivity contribution in [1.82, 2.24) is 15.0 Å². The second-order valence-electron chi connectivity index (χ2n) is 7.05. The molecule has 0 unspecified atom stereocenters. The van der Waals surface area contributed by atoms with Crippen LogP contribution in [-0.4, -0.2) is 41.3 Å². The van der Waals surface area contributed by atoms with Gasteiger partial charge >= 0.3 is 0 Å². The summed E-state index contributed by atoms with van der Waals surface area (Å²) in [6, 6.07) is 7.21. The predicted molar refractivity (Wildman–Crippen MR) is 114 cm³/mol. The standard InChI is InChI=1S/C21H24FN5O2S/c1-14-15(2)29-21(25-14)30-13-17-9-18(27-5-7-28-8-6-27)10-20(26-17)24-12-16-3-4-19(22)23-11-16/h3-4,9-11H,5-8,12-13H2,1-2H3,(H,24,26). The molecule has 0 aromatic carbocycles. The monoisotopic (exact) mass is 429 g/mol. The summed E-state index contributed by atoms with van der Waals surface area (Å²) in [4.78, 5) is 15.2. The van der Waals surface area contributed by atoms with Crippen LogP contribution in [0.3, 0.4) is 0 Å². The maximum Gasteiger partial charge on any atom is 0.256 e. The highest BCUT2D eigenvalue weighted by Gasteiger charge is 2.15. The number of aryl methyl sites for hydroxylation is 2. The molecule has 4 rings (SSSR count). The Morgan fingerprint density at radius 2 is 2.00 bits per heavy atom. The fourth-order valence-electron chi connectivity index (χ4n) is 3.08. The summed E-state index contributed by atoms with van der Waals surface area (Å²) in [6.45, 7) is 7.47. The van der Waals surface area contributed by atoms with Gasteiger partial charge in [0.05, 0.1) is 24.6 Å². The zero-order valence-corrected chi connectivity index (χ0v) is 17.8. The average Bonchev–Trinajstić information content (AvgIpc) is 3.10. The third-order valence-electron chi connectivity index (χ3n) is 4.85. The van der Waals surface area contributed by atoms with Crippen LogP contribution in [0.4, 0.5) is 15.9 Å². The van der Waals surface area contributed by atoms with E-state index >= 15 is 0 Å². The van der Waals surface area contributed by atoms with E-state index in [2.05, 4.69) is 26.3 Å². The number of hydrogen-bond donors (Lipinski definition) is 1. The van der Waals surface area contributed by atoms with Crippen molar-refractivity contribution in [3.8, 4) is 0 Å². The molecule has 0 spiro atoms. The number of ether oxygens (including phenoxy) is 1. The third kappa shape index (κ3) is 5.28. The van der Waals surface area contributed by atoms with E-state index in [0.717, 1.165) is 47.3 Å². The number of nitrogens with one attached hydrogen (secondary N) is 1. The minimum absolute atomic E-state index is 0.484. The number of anilines is 2. The largest absolute Gasteiger partial charge is 0.437 e. The lowest BCUT2D eigenvalue weighted by Gasteiger charge is -2.29. The molecule has 7 nitrogen and oxygen atoms in total. The van der Waals surface area contributed by atoms with Crippen LogP contribution in [0, 0.1) is 19.8 Å². The molecule has 0 amide bonds. The van der Waals surface area contributed by atoms with Crippen LogP contribution in [0.2, 0.25) is 0 Å². The van der Waals surface area contributed by atoms with E-state index in [1.165, 1.54) is 24.0 Å². The first-order valence-electron chi connectivity index (χ1n) is 9.81. The van der Waals surface area contributed by atoms with Crippen LogP contribution in [0.1, 0.15) is 22.7 Å². The molecule has 3 aromatic heterocycles. The second kappa shape index (κ2) is 9.44. The fourth-order valence-corrected chi connectivity index (χ4v) is 3.89. The molecule has 4 heterocycles. The van der Waals surface area contributed by atoms with Gasteiger partial charge in [0.15, 0.2) is 0 Å². The van der Waals surface area contributed by atoms with E-state index in [-0.39, 0.29) is 0 Å². The first-order chi connectivity index (χ1) is 14.6. The van der Waals surface area contributed by atoms with Crippen molar-refractivity contribution in [2.45, 2.75) is 31.4 Å². The highest BCUT2D eigenvalue weighted by atomic mass is 32.2. The van der Waals surface area contributed by atoms with Gasteiger partial charge in [-0.05, 0) is 31.5 Å². The van der Waals surface area contributed by atoms with Gasteiger partial charge in [-0.25, -0.2) is 15.0 Å². The third-order valence-corrected chi connectivity index (χ3v) is 5.72. The van der Waals surface area contributed by atoms with E-state index in [1.807, 2.05) is 19.9 Å². The van der Waals surface area contributed by atoms with Crippen molar-refractivity contribution in [3.63, 3.8) is 0 Å². The number of aromatic nitrogens is 3. The molecule has 30 heavy (non-hydrogen) atoms. The average molecular weight is 430 g/mol. The Balaban J connectivity index is 1.51. The fraction of sp³-hybridized carbons (Fsp3) is 0.381. The second-order valence-corrected chi connectivity index (χ2v) is 7.98. The Labute approximate surface area is 179 Å². The van der Waals surface area contributed by atoms with E-state index in [1.54, 1.807) is 6.07 Å². The normalized spacial score (nSPS) is 14.2. The minimum Gasteiger partial charge on any atom is -0.437 e. The Bertz CT molecular complexity index is 970. The highest BCUT2D eigenvalue weighted by molar-refractivity contribution is 7.98. The number of thioether (sulfide) groups is 1. The molecule has 1 N–H and O–H groups in total. The van der Waals surface area contributed by atoms with Gasteiger partial charge in [-0.1, -0.05) is 17.8 Å². The van der Waals surface area contributed by atoms with E-state index in [9.17, 15) is 4.39 Å². The molecule has 9 heteroatoms. The molecule has 0 saturated carbocycles. The van der Waals surface area contributed by atoms with Crippen LogP contribution < -0.4 is 10.2 Å². The lowest BCUT2D eigenvalue weighted by atomic mass is 10.2. The molecule has 1 aliphatic heterocycles. The van der Waals surface area contributed by atoms with Crippen LogP contribution in [0.25, 0.3) is 0 Å². The summed E-state index contributed by atoms with van der Waals surface area (Å²) in [6.07, 6.45) is 1.53. The van der Waals surface area contributed by atoms with E-state index in [4.69, 9.17) is 14.1 Å². The number of nitrogens with zero attached hydrogens (tertiary/aromatic N) is 4. The highest BCUT2D eigenvalue weighted by Crippen LogP contribution is 2.27. The molecule has 158 valence electrons. The van der Waals surface area contributed by atoms with Crippen LogP contribution in [0.15, 0.2) is 40.1 Å². The van der Waals surface area contributed by atoms with Crippen molar-refractivity contribution in [2.24, 2.45) is 0 Å². The lowest BCUT2D eigenvalue weighted by molar-refractivity contribution is 0.122. The number of pyridine rings is 2. The molecule has 3 aromatic rings. The van der Waals surface area contributed by atoms with Gasteiger partial charge in [-0.3, -0.25) is 0 Å². The summed E-state index contributed by atoms with van der Waals surface area (Å²) >= 11 is 1.53. The maximum atomic E-state index is 13.0. The minimum atomic E-state index is -0.484. The topological polar surface area (TPSA) is 76.3 Å². The predicted octanol–water partition coefficient (Wildman–Crippen LogP) is 3.96. The van der Waals surface area contributed by atoms with Crippen molar-refractivity contribution in [3.05, 3.63) is 59.1 Å².